The van der Waals surface area contributed by atoms with Crippen molar-refractivity contribution >= 4 is 6.08 Å². The molecule has 1 unspecified atom stereocenters. The standard InChI is InChI=1S/C12H15NO2/c1-9(13)2-3-10-4-5-11-12(8-10)15-7-6-14-11/h2-5,8-9H,6-7,13H2,1H3/b3-2+. The zero-order chi connectivity index (χ0) is 10.7. The third-order valence-electron chi connectivity index (χ3n) is 2.16. The number of hydrogen-bond donors (Lipinski definition) is 1. The Labute approximate surface area is 89.5 Å². The number of ether oxygens (including phenoxy) is 2. The molecule has 1 atom stereocenters. The summed E-state index contributed by atoms with van der Waals surface area (Å²) in [5.74, 6) is 1.63. The minimum atomic E-state index is 0.0678. The minimum absolute atomic E-state index is 0.0678. The number of benzene rings is 1. The van der Waals surface area contributed by atoms with Crippen LogP contribution in [0, 0.1) is 0 Å². The van der Waals surface area contributed by atoms with E-state index in [1.54, 1.807) is 0 Å². The monoisotopic (exact) mass is 205 g/mol. The van der Waals surface area contributed by atoms with E-state index in [-0.39, 0.29) is 6.04 Å². The first-order valence-corrected chi connectivity index (χ1v) is 5.09. The lowest BCUT2D eigenvalue weighted by atomic mass is 10.1. The summed E-state index contributed by atoms with van der Waals surface area (Å²) in [4.78, 5) is 0. The van der Waals surface area contributed by atoms with Crippen molar-refractivity contribution in [1.29, 1.82) is 0 Å². The molecule has 1 aromatic carbocycles. The average molecular weight is 205 g/mol. The summed E-state index contributed by atoms with van der Waals surface area (Å²) in [7, 11) is 0. The molecule has 0 radical (unpaired) electrons. The van der Waals surface area contributed by atoms with Gasteiger partial charge in [0.25, 0.3) is 0 Å². The van der Waals surface area contributed by atoms with Crippen LogP contribution in [0.15, 0.2) is 24.3 Å². The summed E-state index contributed by atoms with van der Waals surface area (Å²) in [5, 5.41) is 0. The second kappa shape index (κ2) is 4.36. The zero-order valence-electron chi connectivity index (χ0n) is 8.77. The van der Waals surface area contributed by atoms with E-state index in [1.165, 1.54) is 0 Å². The van der Waals surface area contributed by atoms with Crippen molar-refractivity contribution < 1.29 is 9.47 Å². The Bertz CT molecular complexity index is 372. The number of fused-ring (bicyclic) bond motifs is 1. The Morgan fingerprint density at radius 2 is 2.00 bits per heavy atom. The summed E-state index contributed by atoms with van der Waals surface area (Å²) in [6.07, 6.45) is 3.94. The predicted octanol–water partition coefficient (Wildman–Crippen LogP) is 1.82. The highest BCUT2D eigenvalue weighted by atomic mass is 16.6. The van der Waals surface area contributed by atoms with Crippen molar-refractivity contribution in [2.75, 3.05) is 13.2 Å². The van der Waals surface area contributed by atoms with Crippen molar-refractivity contribution in [3.8, 4) is 11.5 Å². The SMILES string of the molecule is CC(N)/C=C/c1ccc2c(c1)OCCO2. The summed E-state index contributed by atoms with van der Waals surface area (Å²) >= 11 is 0. The van der Waals surface area contributed by atoms with Gasteiger partial charge >= 0.3 is 0 Å². The first-order valence-electron chi connectivity index (χ1n) is 5.09. The minimum Gasteiger partial charge on any atom is -0.486 e. The first kappa shape index (κ1) is 10.1. The largest absolute Gasteiger partial charge is 0.486 e. The van der Waals surface area contributed by atoms with Crippen LogP contribution in [0.4, 0.5) is 0 Å². The summed E-state index contributed by atoms with van der Waals surface area (Å²) in [6, 6.07) is 5.95. The Hall–Kier alpha value is -1.48. The van der Waals surface area contributed by atoms with Gasteiger partial charge in [0, 0.05) is 6.04 Å². The second-order valence-electron chi connectivity index (χ2n) is 3.62. The number of nitrogens with two attached hydrogens (primary N) is 1. The average Bonchev–Trinajstić information content (AvgIpc) is 2.26. The number of rotatable bonds is 2. The lowest BCUT2D eigenvalue weighted by Crippen LogP contribution is -2.15. The molecule has 0 spiro atoms. The molecular formula is C12H15NO2. The molecule has 80 valence electrons. The molecule has 0 saturated heterocycles. The van der Waals surface area contributed by atoms with Crippen molar-refractivity contribution in [3.05, 3.63) is 29.8 Å². The molecule has 0 aromatic heterocycles. The highest BCUT2D eigenvalue weighted by Crippen LogP contribution is 2.30. The van der Waals surface area contributed by atoms with E-state index in [0.29, 0.717) is 13.2 Å². The van der Waals surface area contributed by atoms with E-state index < -0.39 is 0 Å². The van der Waals surface area contributed by atoms with Gasteiger partial charge < -0.3 is 15.2 Å². The van der Waals surface area contributed by atoms with Crippen molar-refractivity contribution in [2.45, 2.75) is 13.0 Å². The topological polar surface area (TPSA) is 44.5 Å². The van der Waals surface area contributed by atoms with Gasteiger partial charge in [-0.15, -0.1) is 0 Å². The summed E-state index contributed by atoms with van der Waals surface area (Å²) in [6.45, 7) is 3.18. The highest BCUT2D eigenvalue weighted by Gasteiger charge is 2.10. The van der Waals surface area contributed by atoms with Crippen LogP contribution in [0.1, 0.15) is 12.5 Å². The molecule has 0 bridgehead atoms. The normalized spacial score (nSPS) is 16.7. The van der Waals surface area contributed by atoms with Gasteiger partial charge in [-0.3, -0.25) is 0 Å². The molecule has 2 N–H and O–H groups in total. The molecule has 1 heterocycles. The van der Waals surface area contributed by atoms with E-state index in [0.717, 1.165) is 17.1 Å². The Morgan fingerprint density at radius 3 is 2.73 bits per heavy atom. The predicted molar refractivity (Wildman–Crippen MR) is 60.1 cm³/mol. The van der Waals surface area contributed by atoms with Crippen LogP contribution in [-0.2, 0) is 0 Å². The van der Waals surface area contributed by atoms with Gasteiger partial charge in [0.2, 0.25) is 0 Å². The lowest BCUT2D eigenvalue weighted by Gasteiger charge is -2.18. The van der Waals surface area contributed by atoms with Gasteiger partial charge in [-0.05, 0) is 24.6 Å². The van der Waals surface area contributed by atoms with Crippen LogP contribution in [0.2, 0.25) is 0 Å². The quantitative estimate of drug-likeness (QED) is 0.801. The van der Waals surface area contributed by atoms with E-state index in [9.17, 15) is 0 Å². The van der Waals surface area contributed by atoms with Crippen molar-refractivity contribution in [3.63, 3.8) is 0 Å². The van der Waals surface area contributed by atoms with E-state index >= 15 is 0 Å². The van der Waals surface area contributed by atoms with Crippen LogP contribution in [-0.4, -0.2) is 19.3 Å². The van der Waals surface area contributed by atoms with Crippen molar-refractivity contribution in [1.82, 2.24) is 0 Å². The van der Waals surface area contributed by atoms with Crippen LogP contribution in [0.25, 0.3) is 6.08 Å². The molecule has 3 heteroatoms. The Balaban J connectivity index is 2.20. The fourth-order valence-corrected chi connectivity index (χ4v) is 1.43. The fraction of sp³-hybridized carbons (Fsp3) is 0.333. The molecule has 2 rings (SSSR count). The molecule has 0 aliphatic carbocycles. The Morgan fingerprint density at radius 1 is 1.27 bits per heavy atom. The molecule has 0 saturated carbocycles. The van der Waals surface area contributed by atoms with Gasteiger partial charge in [-0.1, -0.05) is 18.2 Å². The smallest absolute Gasteiger partial charge is 0.161 e. The zero-order valence-corrected chi connectivity index (χ0v) is 8.77. The van der Waals surface area contributed by atoms with Gasteiger partial charge in [0.05, 0.1) is 0 Å². The maximum absolute atomic E-state index is 5.64. The molecule has 1 aliphatic heterocycles. The van der Waals surface area contributed by atoms with Crippen LogP contribution in [0.5, 0.6) is 11.5 Å². The Kier molecular flexibility index (Phi) is 2.92. The van der Waals surface area contributed by atoms with Crippen LogP contribution < -0.4 is 15.2 Å². The third-order valence-corrected chi connectivity index (χ3v) is 2.16. The summed E-state index contributed by atoms with van der Waals surface area (Å²) < 4.78 is 10.9. The molecular weight excluding hydrogens is 190 g/mol. The van der Waals surface area contributed by atoms with E-state index in [4.69, 9.17) is 15.2 Å². The van der Waals surface area contributed by atoms with Crippen LogP contribution in [0.3, 0.4) is 0 Å². The fourth-order valence-electron chi connectivity index (χ4n) is 1.43. The van der Waals surface area contributed by atoms with Crippen LogP contribution >= 0.6 is 0 Å². The second-order valence-corrected chi connectivity index (χ2v) is 3.62. The number of hydrogen-bond acceptors (Lipinski definition) is 3. The molecule has 3 nitrogen and oxygen atoms in total. The van der Waals surface area contributed by atoms with Crippen molar-refractivity contribution in [2.24, 2.45) is 5.73 Å². The molecule has 0 fully saturated rings. The maximum atomic E-state index is 5.64. The lowest BCUT2D eigenvalue weighted by molar-refractivity contribution is 0.171. The van der Waals surface area contributed by atoms with Gasteiger partial charge in [0.15, 0.2) is 11.5 Å². The molecule has 1 aliphatic rings. The van der Waals surface area contributed by atoms with E-state index in [1.807, 2.05) is 37.3 Å². The highest BCUT2D eigenvalue weighted by molar-refractivity contribution is 5.56. The van der Waals surface area contributed by atoms with Gasteiger partial charge in [-0.25, -0.2) is 0 Å². The molecule has 15 heavy (non-hydrogen) atoms. The maximum Gasteiger partial charge on any atom is 0.161 e. The third kappa shape index (κ3) is 2.50. The first-order chi connectivity index (χ1) is 7.25. The van der Waals surface area contributed by atoms with E-state index in [2.05, 4.69) is 0 Å². The molecule has 1 aromatic rings. The van der Waals surface area contributed by atoms with Gasteiger partial charge in [-0.2, -0.15) is 0 Å². The van der Waals surface area contributed by atoms with Gasteiger partial charge in [0.1, 0.15) is 13.2 Å². The summed E-state index contributed by atoms with van der Waals surface area (Å²) in [5.41, 5.74) is 6.72. The molecule has 0 amide bonds.